The Hall–Kier alpha value is -1.34. The van der Waals surface area contributed by atoms with E-state index in [0.29, 0.717) is 24.7 Å². The van der Waals surface area contributed by atoms with Crippen molar-refractivity contribution in [2.45, 2.75) is 75.3 Å². The fourth-order valence-electron chi connectivity index (χ4n) is 6.17. The van der Waals surface area contributed by atoms with E-state index in [9.17, 15) is 4.79 Å². The average Bonchev–Trinajstić information content (AvgIpc) is 3.00. The quantitative estimate of drug-likeness (QED) is 0.710. The second-order valence-corrected chi connectivity index (χ2v) is 9.35. The number of carbonyl (C=O) groups excluding carboxylic acids is 1. The van der Waals surface area contributed by atoms with Crippen LogP contribution in [0, 0.1) is 17.8 Å². The summed E-state index contributed by atoms with van der Waals surface area (Å²) < 4.78 is 5.29. The summed E-state index contributed by atoms with van der Waals surface area (Å²) in [6.45, 7) is 0.497. The molecule has 1 aromatic heterocycles. The molecule has 27 heavy (non-hydrogen) atoms. The second-order valence-electron chi connectivity index (χ2n) is 9.35. The summed E-state index contributed by atoms with van der Waals surface area (Å²) >= 11 is 0. The van der Waals surface area contributed by atoms with E-state index in [4.69, 9.17) is 10.3 Å². The molecule has 1 aromatic rings. The molecule has 0 aliphatic heterocycles. The fraction of sp³-hybridized carbons (Fsp3) is 0.842. The van der Waals surface area contributed by atoms with Gasteiger partial charge in [-0.3, -0.25) is 0 Å². The number of aromatic nitrogens is 2. The number of nitrogens with one attached hydrogen (secondary N) is 2. The van der Waals surface area contributed by atoms with E-state index in [1.54, 1.807) is 0 Å². The summed E-state index contributed by atoms with van der Waals surface area (Å²) in [5, 5.41) is 10.3. The number of rotatable bonds is 5. The lowest BCUT2D eigenvalue weighted by Gasteiger charge is -2.56. The van der Waals surface area contributed by atoms with Gasteiger partial charge in [-0.15, -0.1) is 12.4 Å². The van der Waals surface area contributed by atoms with Gasteiger partial charge in [0.15, 0.2) is 5.82 Å². The van der Waals surface area contributed by atoms with Gasteiger partial charge in [0.1, 0.15) is 0 Å². The summed E-state index contributed by atoms with van der Waals surface area (Å²) in [7, 11) is 0. The third-order valence-corrected chi connectivity index (χ3v) is 7.20. The molecule has 0 aromatic carbocycles. The second kappa shape index (κ2) is 6.92. The minimum Gasteiger partial charge on any atom is -0.339 e. The van der Waals surface area contributed by atoms with Crippen LogP contribution in [0.1, 0.15) is 69.5 Å². The van der Waals surface area contributed by atoms with Crippen molar-refractivity contribution in [3.63, 3.8) is 0 Å². The van der Waals surface area contributed by atoms with Crippen LogP contribution in [-0.2, 0) is 12.0 Å². The van der Waals surface area contributed by atoms with Crippen LogP contribution in [0.2, 0.25) is 0 Å². The highest BCUT2D eigenvalue weighted by Crippen LogP contribution is 2.55. The van der Waals surface area contributed by atoms with Gasteiger partial charge in [0, 0.05) is 18.5 Å². The molecule has 6 rings (SSSR count). The minimum atomic E-state index is -0.398. The summed E-state index contributed by atoms with van der Waals surface area (Å²) in [4.78, 5) is 16.8. The Labute approximate surface area is 166 Å². The molecule has 0 saturated heterocycles. The fourth-order valence-corrected chi connectivity index (χ4v) is 6.17. The first-order valence-electron chi connectivity index (χ1n) is 10.2. The van der Waals surface area contributed by atoms with Crippen LogP contribution in [0.25, 0.3) is 0 Å². The van der Waals surface area contributed by atoms with Crippen molar-refractivity contribution in [3.8, 4) is 0 Å². The molecule has 0 atom stereocenters. The molecule has 1 heterocycles. The van der Waals surface area contributed by atoms with Gasteiger partial charge < -0.3 is 20.9 Å². The number of urea groups is 1. The van der Waals surface area contributed by atoms with E-state index in [2.05, 4.69) is 20.8 Å². The lowest BCUT2D eigenvalue weighted by atomic mass is 9.53. The molecule has 5 saturated carbocycles. The van der Waals surface area contributed by atoms with Crippen molar-refractivity contribution in [3.05, 3.63) is 11.7 Å². The van der Waals surface area contributed by atoms with Crippen molar-refractivity contribution >= 4 is 18.4 Å². The van der Waals surface area contributed by atoms with Gasteiger partial charge in [-0.25, -0.2) is 4.79 Å². The smallest absolute Gasteiger partial charge is 0.315 e. The average molecular weight is 396 g/mol. The van der Waals surface area contributed by atoms with Crippen molar-refractivity contribution < 1.29 is 9.32 Å². The van der Waals surface area contributed by atoms with E-state index in [1.165, 1.54) is 38.5 Å². The SMILES string of the molecule is Cl.NC1(c2noc(CCNC(=O)NC34CC5CC(CC(C5)C3)C4)n2)CCC1. The molecular formula is C19H30ClN5O2. The van der Waals surface area contributed by atoms with E-state index in [0.717, 1.165) is 37.0 Å². The molecule has 5 fully saturated rings. The van der Waals surface area contributed by atoms with Crippen LogP contribution in [0.4, 0.5) is 4.79 Å². The number of hydrogen-bond acceptors (Lipinski definition) is 5. The first-order valence-corrected chi connectivity index (χ1v) is 10.2. The first-order chi connectivity index (χ1) is 12.5. The van der Waals surface area contributed by atoms with Gasteiger partial charge in [0.05, 0.1) is 5.54 Å². The molecule has 8 heteroatoms. The molecule has 0 radical (unpaired) electrons. The number of nitrogens with zero attached hydrogens (tertiary/aromatic N) is 2. The van der Waals surface area contributed by atoms with E-state index >= 15 is 0 Å². The molecule has 2 amide bonds. The standard InChI is InChI=1S/C19H29N5O2.ClH/c20-19(3-1-4-19)16-22-15(26-24-16)2-5-21-17(25)23-18-9-12-6-13(10-18)8-14(7-12)11-18;/h12-14H,1-11,20H2,(H2,21,23,25);1H. The van der Waals surface area contributed by atoms with Crippen LogP contribution < -0.4 is 16.4 Å². The molecule has 5 aliphatic carbocycles. The Kier molecular flexibility index (Phi) is 4.87. The highest BCUT2D eigenvalue weighted by atomic mass is 35.5. The van der Waals surface area contributed by atoms with Crippen LogP contribution in [-0.4, -0.2) is 28.3 Å². The molecule has 4 N–H and O–H groups in total. The van der Waals surface area contributed by atoms with Crippen molar-refractivity contribution in [1.29, 1.82) is 0 Å². The highest BCUT2D eigenvalue weighted by molar-refractivity contribution is 5.85. The van der Waals surface area contributed by atoms with Gasteiger partial charge in [0.25, 0.3) is 0 Å². The number of nitrogens with two attached hydrogens (primary N) is 1. The molecule has 0 unspecified atom stereocenters. The Bertz CT molecular complexity index is 667. The minimum absolute atomic E-state index is 0. The predicted molar refractivity (Wildman–Crippen MR) is 102 cm³/mol. The highest BCUT2D eigenvalue weighted by Gasteiger charge is 2.51. The van der Waals surface area contributed by atoms with Gasteiger partial charge in [-0.05, 0) is 75.5 Å². The molecule has 5 aliphatic rings. The molecule has 0 spiro atoms. The number of halogens is 1. The number of amides is 2. The molecule has 150 valence electrons. The molecular weight excluding hydrogens is 366 g/mol. The van der Waals surface area contributed by atoms with Gasteiger partial charge in [0.2, 0.25) is 5.89 Å². The van der Waals surface area contributed by atoms with E-state index in [-0.39, 0.29) is 24.0 Å². The zero-order valence-corrected chi connectivity index (χ0v) is 16.5. The predicted octanol–water partition coefficient (Wildman–Crippen LogP) is 2.64. The Morgan fingerprint density at radius 3 is 2.33 bits per heavy atom. The van der Waals surface area contributed by atoms with E-state index in [1.807, 2.05) is 0 Å². The molecule has 4 bridgehead atoms. The molecule has 7 nitrogen and oxygen atoms in total. The van der Waals surface area contributed by atoms with Gasteiger partial charge in [-0.1, -0.05) is 5.16 Å². The Balaban J connectivity index is 0.00000180. The maximum Gasteiger partial charge on any atom is 0.315 e. The van der Waals surface area contributed by atoms with Gasteiger partial charge >= 0.3 is 6.03 Å². The third kappa shape index (κ3) is 3.56. The van der Waals surface area contributed by atoms with Crippen LogP contribution in [0.15, 0.2) is 4.52 Å². The maximum atomic E-state index is 12.4. The first kappa shape index (κ1) is 19.0. The summed E-state index contributed by atoms with van der Waals surface area (Å²) in [6.07, 6.45) is 11.1. The van der Waals surface area contributed by atoms with Crippen LogP contribution in [0.5, 0.6) is 0 Å². The van der Waals surface area contributed by atoms with Crippen molar-refractivity contribution in [1.82, 2.24) is 20.8 Å². The van der Waals surface area contributed by atoms with Crippen molar-refractivity contribution in [2.75, 3.05) is 6.54 Å². The summed E-state index contributed by atoms with van der Waals surface area (Å²) in [6, 6.07) is -0.0547. The summed E-state index contributed by atoms with van der Waals surface area (Å²) in [5.41, 5.74) is 5.87. The zero-order chi connectivity index (χ0) is 17.8. The number of hydrogen-bond donors (Lipinski definition) is 3. The normalized spacial score (nSPS) is 35.2. The van der Waals surface area contributed by atoms with E-state index < -0.39 is 5.54 Å². The van der Waals surface area contributed by atoms with Crippen molar-refractivity contribution in [2.24, 2.45) is 23.5 Å². The lowest BCUT2D eigenvalue weighted by molar-refractivity contribution is -0.0135. The van der Waals surface area contributed by atoms with Gasteiger partial charge in [-0.2, -0.15) is 4.98 Å². The Morgan fingerprint density at radius 1 is 1.15 bits per heavy atom. The summed E-state index contributed by atoms with van der Waals surface area (Å²) in [5.74, 6) is 3.64. The van der Waals surface area contributed by atoms with Crippen LogP contribution >= 0.6 is 12.4 Å². The Morgan fingerprint density at radius 2 is 1.78 bits per heavy atom. The topological polar surface area (TPSA) is 106 Å². The monoisotopic (exact) mass is 395 g/mol. The largest absolute Gasteiger partial charge is 0.339 e. The lowest BCUT2D eigenvalue weighted by Crippen LogP contribution is -2.61. The van der Waals surface area contributed by atoms with Crippen LogP contribution in [0.3, 0.4) is 0 Å². The third-order valence-electron chi connectivity index (χ3n) is 7.20. The maximum absolute atomic E-state index is 12.4. The number of carbonyl (C=O) groups is 1. The zero-order valence-electron chi connectivity index (χ0n) is 15.7.